The van der Waals surface area contributed by atoms with Gasteiger partial charge in [-0.2, -0.15) is 0 Å². The smallest absolute Gasteiger partial charge is 0.255 e. The van der Waals surface area contributed by atoms with Crippen LogP contribution in [-0.4, -0.2) is 28.8 Å². The maximum absolute atomic E-state index is 13.4. The van der Waals surface area contributed by atoms with Crippen LogP contribution in [0.2, 0.25) is 0 Å². The molecule has 0 aromatic heterocycles. The van der Waals surface area contributed by atoms with Crippen molar-refractivity contribution < 1.29 is 9.59 Å². The molecule has 4 heteroatoms. The van der Waals surface area contributed by atoms with Crippen LogP contribution in [0.15, 0.2) is 66.7 Å². The zero-order valence-corrected chi connectivity index (χ0v) is 16.3. The second kappa shape index (κ2) is 7.36. The van der Waals surface area contributed by atoms with Crippen LogP contribution in [0.1, 0.15) is 52.0 Å². The van der Waals surface area contributed by atoms with Gasteiger partial charge in [0.15, 0.2) is 0 Å². The van der Waals surface area contributed by atoms with Crippen LogP contribution in [0.4, 0.5) is 0 Å². The van der Waals surface area contributed by atoms with Gasteiger partial charge in [-0.05, 0) is 60.2 Å². The van der Waals surface area contributed by atoms with Crippen LogP contribution >= 0.6 is 0 Å². The molecule has 0 spiro atoms. The lowest BCUT2D eigenvalue weighted by atomic mass is 10.0. The molecular formula is C25H24N2O2. The third-order valence-electron chi connectivity index (χ3n) is 5.75. The quantitative estimate of drug-likeness (QED) is 0.678. The van der Waals surface area contributed by atoms with Gasteiger partial charge in [-0.15, -0.1) is 0 Å². The molecule has 1 N–H and O–H groups in total. The molecule has 0 saturated heterocycles. The first-order valence-electron chi connectivity index (χ1n) is 10.4. The van der Waals surface area contributed by atoms with E-state index in [2.05, 4.69) is 5.32 Å². The Labute approximate surface area is 170 Å². The molecule has 2 saturated carbocycles. The van der Waals surface area contributed by atoms with Gasteiger partial charge in [-0.25, -0.2) is 0 Å². The maximum atomic E-state index is 13.4. The van der Waals surface area contributed by atoms with Gasteiger partial charge >= 0.3 is 0 Å². The first-order chi connectivity index (χ1) is 14.2. The van der Waals surface area contributed by atoms with Crippen LogP contribution in [0.3, 0.4) is 0 Å². The zero-order valence-electron chi connectivity index (χ0n) is 16.3. The average Bonchev–Trinajstić information content (AvgIpc) is 3.67. The van der Waals surface area contributed by atoms with E-state index >= 15 is 0 Å². The van der Waals surface area contributed by atoms with E-state index in [9.17, 15) is 9.59 Å². The highest BCUT2D eigenvalue weighted by molar-refractivity contribution is 6.07. The molecule has 3 aromatic rings. The molecule has 0 bridgehead atoms. The number of hydrogen-bond acceptors (Lipinski definition) is 2. The summed E-state index contributed by atoms with van der Waals surface area (Å²) in [6.45, 7) is 0.567. The Morgan fingerprint density at radius 3 is 2.31 bits per heavy atom. The van der Waals surface area contributed by atoms with Crippen LogP contribution in [0.5, 0.6) is 0 Å². The van der Waals surface area contributed by atoms with E-state index in [1.54, 1.807) is 0 Å². The summed E-state index contributed by atoms with van der Waals surface area (Å²) in [5.41, 5.74) is 2.49. The first kappa shape index (κ1) is 17.9. The van der Waals surface area contributed by atoms with E-state index in [1.165, 1.54) is 0 Å². The summed E-state index contributed by atoms with van der Waals surface area (Å²) in [7, 11) is 0. The van der Waals surface area contributed by atoms with Crippen LogP contribution in [0, 0.1) is 0 Å². The van der Waals surface area contributed by atoms with E-state index < -0.39 is 0 Å². The minimum absolute atomic E-state index is 0.00932. The third kappa shape index (κ3) is 3.88. The van der Waals surface area contributed by atoms with Gasteiger partial charge in [0.05, 0.1) is 0 Å². The number of fused-ring (bicyclic) bond motifs is 1. The van der Waals surface area contributed by atoms with Gasteiger partial charge in [0.25, 0.3) is 11.8 Å². The SMILES string of the molecule is O=C(NC1CC1)c1ccc(CN(C(=O)c2cccc3ccccc23)C2CC2)cc1. The molecule has 4 nitrogen and oxygen atoms in total. The third-order valence-corrected chi connectivity index (χ3v) is 5.75. The van der Waals surface area contributed by atoms with Gasteiger partial charge in [-0.1, -0.05) is 48.5 Å². The normalized spacial score (nSPS) is 15.9. The summed E-state index contributed by atoms with van der Waals surface area (Å²) >= 11 is 0. The largest absolute Gasteiger partial charge is 0.349 e. The molecule has 2 aliphatic carbocycles. The van der Waals surface area contributed by atoms with Crippen LogP contribution in [0.25, 0.3) is 10.8 Å². The molecule has 146 valence electrons. The molecule has 29 heavy (non-hydrogen) atoms. The van der Waals surface area contributed by atoms with Crippen molar-refractivity contribution in [3.8, 4) is 0 Å². The molecule has 3 aromatic carbocycles. The van der Waals surface area contributed by atoms with Crippen molar-refractivity contribution in [2.45, 2.75) is 44.3 Å². The predicted molar refractivity (Wildman–Crippen MR) is 114 cm³/mol. The lowest BCUT2D eigenvalue weighted by Gasteiger charge is -2.23. The number of carbonyl (C=O) groups excluding carboxylic acids is 2. The molecule has 2 amide bonds. The van der Waals surface area contributed by atoms with Gasteiger partial charge in [-0.3, -0.25) is 9.59 Å². The lowest BCUT2D eigenvalue weighted by Crippen LogP contribution is -2.32. The molecule has 0 radical (unpaired) electrons. The lowest BCUT2D eigenvalue weighted by molar-refractivity contribution is 0.0731. The Balaban J connectivity index is 1.36. The Morgan fingerprint density at radius 2 is 1.59 bits per heavy atom. The summed E-state index contributed by atoms with van der Waals surface area (Å²) < 4.78 is 0. The number of carbonyl (C=O) groups is 2. The number of hydrogen-bond donors (Lipinski definition) is 1. The van der Waals surface area contributed by atoms with Crippen LogP contribution < -0.4 is 5.32 Å². The number of rotatable bonds is 6. The molecular weight excluding hydrogens is 360 g/mol. The Hall–Kier alpha value is -3.14. The van der Waals surface area contributed by atoms with E-state index in [1.807, 2.05) is 71.6 Å². The number of amides is 2. The van der Waals surface area contributed by atoms with E-state index in [0.717, 1.165) is 47.6 Å². The van der Waals surface area contributed by atoms with E-state index in [-0.39, 0.29) is 11.8 Å². The standard InChI is InChI=1S/C25H24N2O2/c28-24(26-20-12-13-20)19-10-8-17(9-11-19)16-27(21-14-15-21)25(29)23-7-3-5-18-4-1-2-6-22(18)23/h1-11,20-21H,12-16H2,(H,26,28). The van der Waals surface area contributed by atoms with Gasteiger partial charge in [0, 0.05) is 29.8 Å². The van der Waals surface area contributed by atoms with Crippen molar-refractivity contribution in [3.05, 3.63) is 83.4 Å². The highest BCUT2D eigenvalue weighted by Gasteiger charge is 2.33. The fourth-order valence-electron chi connectivity index (χ4n) is 3.77. The second-order valence-electron chi connectivity index (χ2n) is 8.14. The van der Waals surface area contributed by atoms with Crippen molar-refractivity contribution in [1.29, 1.82) is 0 Å². The molecule has 5 rings (SSSR count). The maximum Gasteiger partial charge on any atom is 0.255 e. The predicted octanol–water partition coefficient (Wildman–Crippen LogP) is 4.54. The van der Waals surface area contributed by atoms with Crippen molar-refractivity contribution >= 4 is 22.6 Å². The van der Waals surface area contributed by atoms with E-state index in [4.69, 9.17) is 0 Å². The monoisotopic (exact) mass is 384 g/mol. The molecule has 0 atom stereocenters. The molecule has 0 heterocycles. The summed E-state index contributed by atoms with van der Waals surface area (Å²) in [4.78, 5) is 27.6. The van der Waals surface area contributed by atoms with Gasteiger partial charge in [0.2, 0.25) is 0 Å². The van der Waals surface area contributed by atoms with E-state index in [0.29, 0.717) is 24.2 Å². The summed E-state index contributed by atoms with van der Waals surface area (Å²) in [6.07, 6.45) is 4.27. The summed E-state index contributed by atoms with van der Waals surface area (Å²) in [5, 5.41) is 5.09. The topological polar surface area (TPSA) is 49.4 Å². The van der Waals surface area contributed by atoms with Gasteiger partial charge in [0.1, 0.15) is 0 Å². The zero-order chi connectivity index (χ0) is 19.8. The summed E-state index contributed by atoms with van der Waals surface area (Å²) in [5.74, 6) is 0.0739. The van der Waals surface area contributed by atoms with Crippen LogP contribution in [-0.2, 0) is 6.54 Å². The Bertz CT molecular complexity index is 1060. The average molecular weight is 384 g/mol. The molecule has 0 unspecified atom stereocenters. The van der Waals surface area contributed by atoms with Crippen molar-refractivity contribution in [2.24, 2.45) is 0 Å². The number of benzene rings is 3. The Kier molecular flexibility index (Phi) is 4.55. The van der Waals surface area contributed by atoms with Crippen molar-refractivity contribution in [1.82, 2.24) is 10.2 Å². The molecule has 2 aliphatic rings. The fraction of sp³-hybridized carbons (Fsp3) is 0.280. The van der Waals surface area contributed by atoms with Crippen molar-refractivity contribution in [3.63, 3.8) is 0 Å². The molecule has 2 fully saturated rings. The second-order valence-corrected chi connectivity index (χ2v) is 8.14. The minimum Gasteiger partial charge on any atom is -0.349 e. The first-order valence-corrected chi connectivity index (χ1v) is 10.4. The fourth-order valence-corrected chi connectivity index (χ4v) is 3.77. The van der Waals surface area contributed by atoms with Gasteiger partial charge < -0.3 is 10.2 Å². The number of nitrogens with one attached hydrogen (secondary N) is 1. The summed E-state index contributed by atoms with van der Waals surface area (Å²) in [6, 6.07) is 22.3. The highest BCUT2D eigenvalue weighted by atomic mass is 16.2. The minimum atomic E-state index is -0.00932. The highest BCUT2D eigenvalue weighted by Crippen LogP contribution is 2.31. The molecule has 0 aliphatic heterocycles. The van der Waals surface area contributed by atoms with Crippen molar-refractivity contribution in [2.75, 3.05) is 0 Å². The Morgan fingerprint density at radius 1 is 0.862 bits per heavy atom. The number of nitrogens with zero attached hydrogens (tertiary/aromatic N) is 1.